The minimum atomic E-state index is 0.502. The first-order chi connectivity index (χ1) is 6.88. The molecule has 3 heteroatoms. The van der Waals surface area contributed by atoms with Gasteiger partial charge in [0.2, 0.25) is 0 Å². The van der Waals surface area contributed by atoms with Crippen LogP contribution in [0.3, 0.4) is 0 Å². The number of hydrogen-bond donors (Lipinski definition) is 0. The Bertz CT molecular complexity index is 305. The summed E-state index contributed by atoms with van der Waals surface area (Å²) >= 11 is 1.66. The fourth-order valence-electron chi connectivity index (χ4n) is 1.80. The summed E-state index contributed by atoms with van der Waals surface area (Å²) in [6, 6.07) is 0. The summed E-state index contributed by atoms with van der Waals surface area (Å²) in [5.41, 5.74) is 3.08. The maximum Gasteiger partial charge on any atom is 0.0795 e. The molecule has 1 saturated heterocycles. The van der Waals surface area contributed by atoms with Gasteiger partial charge in [-0.05, 0) is 25.9 Å². The van der Waals surface area contributed by atoms with E-state index in [9.17, 15) is 0 Å². The van der Waals surface area contributed by atoms with Gasteiger partial charge < -0.3 is 0 Å². The van der Waals surface area contributed by atoms with Gasteiger partial charge in [0.25, 0.3) is 0 Å². The van der Waals surface area contributed by atoms with Gasteiger partial charge in [-0.1, -0.05) is 0 Å². The van der Waals surface area contributed by atoms with Gasteiger partial charge >= 0.3 is 0 Å². The average molecular weight is 206 g/mol. The number of piperidine rings is 1. The highest BCUT2D eigenvalue weighted by atomic mass is 32.1. The molecule has 14 heavy (non-hydrogen) atoms. The molecule has 0 N–H and O–H groups in total. The summed E-state index contributed by atoms with van der Waals surface area (Å²) in [5, 5.41) is 2.12. The maximum atomic E-state index is 5.41. The van der Waals surface area contributed by atoms with E-state index in [4.69, 9.17) is 6.42 Å². The van der Waals surface area contributed by atoms with E-state index in [-0.39, 0.29) is 0 Å². The zero-order valence-electron chi connectivity index (χ0n) is 8.15. The van der Waals surface area contributed by atoms with Crippen molar-refractivity contribution in [1.29, 1.82) is 0 Å². The Labute approximate surface area is 89.0 Å². The van der Waals surface area contributed by atoms with Crippen LogP contribution in [0.15, 0.2) is 10.9 Å². The van der Waals surface area contributed by atoms with Gasteiger partial charge in [0.15, 0.2) is 0 Å². The third kappa shape index (κ3) is 2.34. The van der Waals surface area contributed by atoms with Crippen LogP contribution >= 0.6 is 11.3 Å². The predicted molar refractivity (Wildman–Crippen MR) is 58.9 cm³/mol. The van der Waals surface area contributed by atoms with Crippen molar-refractivity contribution in [3.63, 3.8) is 0 Å². The van der Waals surface area contributed by atoms with Crippen LogP contribution in [0.5, 0.6) is 0 Å². The second kappa shape index (κ2) is 4.59. The van der Waals surface area contributed by atoms with E-state index in [0.717, 1.165) is 32.5 Å². The van der Waals surface area contributed by atoms with Crippen LogP contribution in [0.1, 0.15) is 18.5 Å². The molecule has 1 aromatic heterocycles. The molecule has 0 aromatic carbocycles. The van der Waals surface area contributed by atoms with Crippen molar-refractivity contribution >= 4 is 11.3 Å². The molecular weight excluding hydrogens is 192 g/mol. The van der Waals surface area contributed by atoms with Gasteiger partial charge in [-0.25, -0.2) is 4.98 Å². The highest BCUT2D eigenvalue weighted by Crippen LogP contribution is 2.17. The molecule has 0 saturated carbocycles. The number of terminal acetylenes is 1. The average Bonchev–Trinajstić information content (AvgIpc) is 2.72. The summed E-state index contributed by atoms with van der Waals surface area (Å²) in [6.45, 7) is 3.22. The molecule has 0 spiro atoms. The first-order valence-corrected chi connectivity index (χ1v) is 5.88. The van der Waals surface area contributed by atoms with Gasteiger partial charge in [0.1, 0.15) is 0 Å². The maximum absolute atomic E-state index is 5.41. The zero-order chi connectivity index (χ0) is 9.80. The Morgan fingerprint density at radius 3 is 2.93 bits per heavy atom. The Kier molecular flexibility index (Phi) is 3.18. The molecule has 0 amide bonds. The normalized spacial score (nSPS) is 19.4. The third-order valence-electron chi connectivity index (χ3n) is 2.69. The van der Waals surface area contributed by atoms with Gasteiger partial charge in [0.05, 0.1) is 11.2 Å². The Morgan fingerprint density at radius 2 is 2.36 bits per heavy atom. The van der Waals surface area contributed by atoms with Crippen LogP contribution in [0.2, 0.25) is 0 Å². The van der Waals surface area contributed by atoms with E-state index in [1.807, 2.05) is 5.51 Å². The number of hydrogen-bond acceptors (Lipinski definition) is 3. The number of aromatic nitrogens is 1. The molecule has 1 aliphatic rings. The quantitative estimate of drug-likeness (QED) is 0.688. The van der Waals surface area contributed by atoms with E-state index < -0.39 is 0 Å². The lowest BCUT2D eigenvalue weighted by molar-refractivity contribution is 0.197. The number of nitrogens with zero attached hydrogens (tertiary/aromatic N) is 2. The summed E-state index contributed by atoms with van der Waals surface area (Å²) in [4.78, 5) is 6.72. The van der Waals surface area contributed by atoms with Crippen molar-refractivity contribution < 1.29 is 0 Å². The smallest absolute Gasteiger partial charge is 0.0795 e. The number of likely N-dealkylation sites (tertiary alicyclic amines) is 1. The SMILES string of the molecule is C#CC1CCN(Cc2cscn2)CC1. The number of thiazole rings is 1. The fraction of sp³-hybridized carbons (Fsp3) is 0.545. The van der Waals surface area contributed by atoms with E-state index >= 15 is 0 Å². The van der Waals surface area contributed by atoms with Gasteiger partial charge in [0, 0.05) is 17.8 Å². The van der Waals surface area contributed by atoms with Gasteiger partial charge in [-0.15, -0.1) is 23.7 Å². The molecule has 1 fully saturated rings. The summed E-state index contributed by atoms with van der Waals surface area (Å²) < 4.78 is 0. The van der Waals surface area contributed by atoms with Crippen molar-refractivity contribution in [3.8, 4) is 12.3 Å². The molecule has 0 atom stereocenters. The van der Waals surface area contributed by atoms with Crippen LogP contribution in [-0.2, 0) is 6.54 Å². The summed E-state index contributed by atoms with van der Waals surface area (Å²) in [7, 11) is 0. The molecule has 0 unspecified atom stereocenters. The van der Waals surface area contributed by atoms with Crippen LogP contribution in [0.4, 0.5) is 0 Å². The molecule has 0 radical (unpaired) electrons. The topological polar surface area (TPSA) is 16.1 Å². The third-order valence-corrected chi connectivity index (χ3v) is 3.33. The first-order valence-electron chi connectivity index (χ1n) is 4.94. The predicted octanol–water partition coefficient (Wildman–Crippen LogP) is 1.99. The molecule has 1 aromatic rings. The largest absolute Gasteiger partial charge is 0.297 e. The summed E-state index contributed by atoms with van der Waals surface area (Å²) in [6.07, 6.45) is 7.68. The Morgan fingerprint density at radius 1 is 1.57 bits per heavy atom. The van der Waals surface area contributed by atoms with E-state index in [2.05, 4.69) is 21.2 Å². The molecule has 74 valence electrons. The molecule has 2 rings (SSSR count). The lowest BCUT2D eigenvalue weighted by Gasteiger charge is -2.28. The monoisotopic (exact) mass is 206 g/mol. The fourth-order valence-corrected chi connectivity index (χ4v) is 2.35. The highest BCUT2D eigenvalue weighted by Gasteiger charge is 2.17. The molecule has 0 aliphatic carbocycles. The van der Waals surface area contributed by atoms with E-state index in [0.29, 0.717) is 5.92 Å². The molecule has 0 bridgehead atoms. The van der Waals surface area contributed by atoms with E-state index in [1.54, 1.807) is 11.3 Å². The lowest BCUT2D eigenvalue weighted by atomic mass is 9.98. The number of rotatable bonds is 2. The van der Waals surface area contributed by atoms with Crippen molar-refractivity contribution in [2.24, 2.45) is 5.92 Å². The van der Waals surface area contributed by atoms with Crippen LogP contribution in [0, 0.1) is 18.3 Å². The van der Waals surface area contributed by atoms with Crippen molar-refractivity contribution in [3.05, 3.63) is 16.6 Å². The van der Waals surface area contributed by atoms with Gasteiger partial charge in [-0.3, -0.25) is 4.90 Å². The minimum absolute atomic E-state index is 0.502. The zero-order valence-corrected chi connectivity index (χ0v) is 8.96. The Hall–Kier alpha value is -0.850. The highest BCUT2D eigenvalue weighted by molar-refractivity contribution is 7.07. The Balaban J connectivity index is 1.82. The second-order valence-corrected chi connectivity index (χ2v) is 4.42. The van der Waals surface area contributed by atoms with Gasteiger partial charge in [-0.2, -0.15) is 0 Å². The molecular formula is C11H14N2S. The second-order valence-electron chi connectivity index (χ2n) is 3.70. The van der Waals surface area contributed by atoms with Crippen molar-refractivity contribution in [2.75, 3.05) is 13.1 Å². The van der Waals surface area contributed by atoms with Crippen molar-refractivity contribution in [1.82, 2.24) is 9.88 Å². The summed E-state index contributed by atoms with van der Waals surface area (Å²) in [5.74, 6) is 3.34. The van der Waals surface area contributed by atoms with Crippen LogP contribution in [-0.4, -0.2) is 23.0 Å². The standard InChI is InChI=1S/C11H14N2S/c1-2-10-3-5-13(6-4-10)7-11-8-14-9-12-11/h1,8-10H,3-7H2. The minimum Gasteiger partial charge on any atom is -0.297 e. The van der Waals surface area contributed by atoms with Crippen molar-refractivity contribution in [2.45, 2.75) is 19.4 Å². The van der Waals surface area contributed by atoms with Crippen LogP contribution < -0.4 is 0 Å². The van der Waals surface area contributed by atoms with Crippen LogP contribution in [0.25, 0.3) is 0 Å². The molecule has 2 heterocycles. The molecule has 2 nitrogen and oxygen atoms in total. The first kappa shape index (κ1) is 9.70. The molecule has 1 aliphatic heterocycles. The lowest BCUT2D eigenvalue weighted by Crippen LogP contribution is -2.32. The van der Waals surface area contributed by atoms with E-state index in [1.165, 1.54) is 5.69 Å².